The van der Waals surface area contributed by atoms with E-state index in [-0.39, 0.29) is 36.0 Å². The lowest BCUT2D eigenvalue weighted by molar-refractivity contribution is -0.158. The van der Waals surface area contributed by atoms with Gasteiger partial charge in [0.05, 0.1) is 18.6 Å². The smallest absolute Gasteiger partial charge is 0.330 e. The highest BCUT2D eigenvalue weighted by Crippen LogP contribution is 2.30. The molecule has 7 nitrogen and oxygen atoms in total. The van der Waals surface area contributed by atoms with Crippen LogP contribution in [0.2, 0.25) is 0 Å². The van der Waals surface area contributed by atoms with Crippen molar-refractivity contribution >= 4 is 30.9 Å². The van der Waals surface area contributed by atoms with Crippen LogP contribution in [0.25, 0.3) is 0 Å². The summed E-state index contributed by atoms with van der Waals surface area (Å²) in [5.74, 6) is -0.334. The molecule has 0 aromatic rings. The minimum absolute atomic E-state index is 0.0180. The Labute approximate surface area is 205 Å². The predicted molar refractivity (Wildman–Crippen MR) is 132 cm³/mol. The Balaban J connectivity index is 0.00000242. The first-order valence-electron chi connectivity index (χ1n) is 12.1. The van der Waals surface area contributed by atoms with Gasteiger partial charge in [0.1, 0.15) is 12.4 Å². The van der Waals surface area contributed by atoms with Gasteiger partial charge >= 0.3 is 11.9 Å². The zero-order valence-corrected chi connectivity index (χ0v) is 21.3. The topological polar surface area (TPSA) is 99.1 Å². The molecule has 2 aliphatic rings. The third-order valence-corrected chi connectivity index (χ3v) is 6.00. The first kappa shape index (κ1) is 31.6. The van der Waals surface area contributed by atoms with E-state index in [1.54, 1.807) is 6.26 Å². The molecule has 33 heavy (non-hydrogen) atoms. The molecule has 2 fully saturated rings. The van der Waals surface area contributed by atoms with Gasteiger partial charge in [0.25, 0.3) is 0 Å². The number of aliphatic hydroxyl groups excluding tert-OH is 1. The lowest BCUT2D eigenvalue weighted by atomic mass is 9.83. The number of thiol groups is 1. The Morgan fingerprint density at radius 1 is 0.879 bits per heavy atom. The number of aldehydes is 1. The summed E-state index contributed by atoms with van der Waals surface area (Å²) >= 11 is 3.53. The van der Waals surface area contributed by atoms with Crippen LogP contribution in [0.1, 0.15) is 77.0 Å². The monoisotopic (exact) mass is 488 g/mol. The molecule has 2 rings (SSSR count). The largest absolute Gasteiger partial charge is 0.463 e. The second-order valence-corrected chi connectivity index (χ2v) is 8.24. The lowest BCUT2D eigenvalue weighted by Crippen LogP contribution is -2.32. The van der Waals surface area contributed by atoms with E-state index in [1.165, 1.54) is 6.08 Å². The normalized spacial score (nSPS) is 24.1. The highest BCUT2D eigenvalue weighted by atomic mass is 32.1. The minimum Gasteiger partial charge on any atom is -0.463 e. The van der Waals surface area contributed by atoms with E-state index >= 15 is 0 Å². The van der Waals surface area contributed by atoms with Gasteiger partial charge in [0.15, 0.2) is 0 Å². The molecule has 0 aromatic heterocycles. The maximum absolute atomic E-state index is 12.3. The van der Waals surface area contributed by atoms with Gasteiger partial charge in [-0.05, 0) is 76.9 Å². The van der Waals surface area contributed by atoms with Crippen molar-refractivity contribution in [3.05, 3.63) is 12.7 Å². The first-order chi connectivity index (χ1) is 16.1. The number of carbonyl (C=O) groups is 3. The van der Waals surface area contributed by atoms with Crippen molar-refractivity contribution in [1.29, 1.82) is 0 Å². The van der Waals surface area contributed by atoms with E-state index in [1.807, 2.05) is 0 Å². The maximum atomic E-state index is 12.3. The van der Waals surface area contributed by atoms with E-state index in [9.17, 15) is 14.4 Å². The SMILES string of the molecule is C=CC(=O)OCCCCCCOC1CCC(OC(=O)C2CCC(C=O)CC2)CC1.CO.CS. The van der Waals surface area contributed by atoms with Crippen molar-refractivity contribution in [2.75, 3.05) is 26.6 Å². The third-order valence-electron chi connectivity index (χ3n) is 6.00. The predicted octanol–water partition coefficient (Wildman–Crippen LogP) is 4.31. The highest BCUT2D eigenvalue weighted by molar-refractivity contribution is 7.79. The van der Waals surface area contributed by atoms with Crippen molar-refractivity contribution in [3.8, 4) is 0 Å². The van der Waals surface area contributed by atoms with Crippen LogP contribution in [0.4, 0.5) is 0 Å². The van der Waals surface area contributed by atoms with Gasteiger partial charge in [-0.1, -0.05) is 13.0 Å². The third kappa shape index (κ3) is 14.5. The molecular formula is C25H44O7S. The molecule has 1 N–H and O–H groups in total. The molecule has 0 unspecified atom stereocenters. The number of rotatable bonds is 12. The van der Waals surface area contributed by atoms with E-state index < -0.39 is 0 Å². The minimum atomic E-state index is -0.361. The van der Waals surface area contributed by atoms with Crippen LogP contribution in [0.5, 0.6) is 0 Å². The molecule has 0 heterocycles. The number of unbranched alkanes of at least 4 members (excludes halogenated alkanes) is 3. The molecule has 0 spiro atoms. The summed E-state index contributed by atoms with van der Waals surface area (Å²) in [7, 11) is 1.00. The molecule has 2 aliphatic carbocycles. The van der Waals surface area contributed by atoms with Crippen LogP contribution >= 0.6 is 12.6 Å². The molecule has 0 bridgehead atoms. The Morgan fingerprint density at radius 3 is 1.97 bits per heavy atom. The van der Waals surface area contributed by atoms with Crippen LogP contribution < -0.4 is 0 Å². The van der Waals surface area contributed by atoms with Crippen LogP contribution in [0.3, 0.4) is 0 Å². The van der Waals surface area contributed by atoms with Crippen LogP contribution in [0.15, 0.2) is 12.7 Å². The van der Waals surface area contributed by atoms with Gasteiger partial charge in [-0.3, -0.25) is 4.79 Å². The maximum Gasteiger partial charge on any atom is 0.330 e. The molecule has 2 saturated carbocycles. The number of hydrogen-bond acceptors (Lipinski definition) is 8. The Bertz CT molecular complexity index is 525. The fraction of sp³-hybridized carbons (Fsp3) is 0.800. The number of hydrogen-bond donors (Lipinski definition) is 2. The van der Waals surface area contributed by atoms with Crippen molar-refractivity contribution in [2.24, 2.45) is 11.8 Å². The molecule has 192 valence electrons. The summed E-state index contributed by atoms with van der Waals surface area (Å²) in [5, 5.41) is 7.00. The first-order valence-corrected chi connectivity index (χ1v) is 13.0. The van der Waals surface area contributed by atoms with Crippen LogP contribution in [-0.4, -0.2) is 62.1 Å². The van der Waals surface area contributed by atoms with Gasteiger partial charge in [-0.25, -0.2) is 4.79 Å². The molecule has 0 amide bonds. The Morgan fingerprint density at radius 2 is 1.42 bits per heavy atom. The zero-order chi connectivity index (χ0) is 24.9. The summed E-state index contributed by atoms with van der Waals surface area (Å²) in [4.78, 5) is 34.1. The van der Waals surface area contributed by atoms with Gasteiger partial charge in [0, 0.05) is 25.7 Å². The van der Waals surface area contributed by atoms with Crippen LogP contribution in [-0.2, 0) is 28.6 Å². The van der Waals surface area contributed by atoms with Gasteiger partial charge < -0.3 is 24.1 Å². The van der Waals surface area contributed by atoms with Gasteiger partial charge in [-0.15, -0.1) is 0 Å². The van der Waals surface area contributed by atoms with Crippen molar-refractivity contribution in [1.82, 2.24) is 0 Å². The fourth-order valence-electron chi connectivity index (χ4n) is 4.11. The number of ether oxygens (including phenoxy) is 3. The zero-order valence-electron chi connectivity index (χ0n) is 20.4. The summed E-state index contributed by atoms with van der Waals surface area (Å²) < 4.78 is 16.6. The molecule has 0 atom stereocenters. The summed E-state index contributed by atoms with van der Waals surface area (Å²) in [5.41, 5.74) is 0. The molecule has 8 heteroatoms. The fourth-order valence-corrected chi connectivity index (χ4v) is 4.11. The quantitative estimate of drug-likeness (QED) is 0.139. The summed E-state index contributed by atoms with van der Waals surface area (Å²) in [6.45, 7) is 4.57. The number of carbonyl (C=O) groups excluding carboxylic acids is 3. The van der Waals surface area contributed by atoms with E-state index in [2.05, 4.69) is 19.2 Å². The average molecular weight is 489 g/mol. The Hall–Kier alpha value is -1.38. The van der Waals surface area contributed by atoms with Crippen molar-refractivity contribution in [2.45, 2.75) is 89.3 Å². The lowest BCUT2D eigenvalue weighted by Gasteiger charge is -2.30. The number of aliphatic hydroxyl groups is 1. The van der Waals surface area contributed by atoms with Crippen molar-refractivity contribution < 1.29 is 33.7 Å². The summed E-state index contributed by atoms with van der Waals surface area (Å²) in [6.07, 6.45) is 14.9. The number of esters is 2. The van der Waals surface area contributed by atoms with E-state index in [0.29, 0.717) is 6.61 Å². The Kier molecular flexibility index (Phi) is 20.3. The summed E-state index contributed by atoms with van der Waals surface area (Å²) in [6, 6.07) is 0. The molecule has 0 radical (unpaired) electrons. The standard InChI is InChI=1S/C23H36O6.CH4O.CH4S/c1-2-22(25)28-16-6-4-3-5-15-27-20-11-13-21(14-12-20)29-23(26)19-9-7-18(17-24)8-10-19;2*1-2/h2,17-21H,1,3-16H2;2*2H,1H3. The molecule has 0 aromatic carbocycles. The molecular weight excluding hydrogens is 444 g/mol. The second kappa shape index (κ2) is 21.2. The van der Waals surface area contributed by atoms with E-state index in [4.69, 9.17) is 19.3 Å². The van der Waals surface area contributed by atoms with Gasteiger partial charge in [-0.2, -0.15) is 12.6 Å². The average Bonchev–Trinajstić information content (AvgIpc) is 2.88. The molecule has 0 aliphatic heterocycles. The van der Waals surface area contributed by atoms with Gasteiger partial charge in [0.2, 0.25) is 0 Å². The second-order valence-electron chi connectivity index (χ2n) is 8.24. The van der Waals surface area contributed by atoms with Crippen LogP contribution in [0, 0.1) is 11.8 Å². The van der Waals surface area contributed by atoms with E-state index in [0.717, 1.165) is 97.1 Å². The van der Waals surface area contributed by atoms with Crippen molar-refractivity contribution in [3.63, 3.8) is 0 Å². The molecule has 0 saturated heterocycles. The highest BCUT2D eigenvalue weighted by Gasteiger charge is 2.30.